The molecule has 1 fully saturated rings. The zero-order valence-electron chi connectivity index (χ0n) is 16.3. The number of aliphatic imine (C=N–C) groups is 1. The number of nitrogens with zero attached hydrogens (tertiary/aromatic N) is 3. The largest absolute Gasteiger partial charge is 0.511 e. The number of guanidine groups is 1. The van der Waals surface area contributed by atoms with Gasteiger partial charge in [0.1, 0.15) is 0 Å². The molecule has 2 rings (SSSR count). The number of aromatic nitrogens is 1. The predicted molar refractivity (Wildman–Crippen MR) is 119 cm³/mol. The van der Waals surface area contributed by atoms with Gasteiger partial charge in [0.2, 0.25) is 0 Å². The van der Waals surface area contributed by atoms with Crippen LogP contribution >= 0.6 is 35.3 Å². The molecule has 2 heterocycles. The summed E-state index contributed by atoms with van der Waals surface area (Å²) in [7, 11) is -3.58. The summed E-state index contributed by atoms with van der Waals surface area (Å²) in [6.07, 6.45) is 4.38. The average molecular weight is 569 g/mol. The molecule has 0 aliphatic carbocycles. The van der Waals surface area contributed by atoms with Crippen molar-refractivity contribution in [2.45, 2.75) is 38.1 Å². The van der Waals surface area contributed by atoms with Gasteiger partial charge >= 0.3 is 15.5 Å². The van der Waals surface area contributed by atoms with Crippen LogP contribution in [0.25, 0.3) is 0 Å². The highest BCUT2D eigenvalue weighted by Gasteiger charge is 2.50. The van der Waals surface area contributed by atoms with Gasteiger partial charge in [-0.05, 0) is 25.2 Å². The third-order valence-corrected chi connectivity index (χ3v) is 7.40. The van der Waals surface area contributed by atoms with E-state index in [1.165, 1.54) is 4.88 Å². The normalized spacial score (nSPS) is 17.1. The van der Waals surface area contributed by atoms with Crippen molar-refractivity contribution >= 4 is 51.3 Å². The molecule has 0 spiro atoms. The van der Waals surface area contributed by atoms with Crippen LogP contribution in [0.5, 0.6) is 0 Å². The molecular formula is C16H27F3IN5O2S2. The number of nitrogens with one attached hydrogen (secondary N) is 2. The number of piperidine rings is 1. The lowest BCUT2D eigenvalue weighted by atomic mass is 9.98. The molecule has 1 aliphatic rings. The van der Waals surface area contributed by atoms with Crippen molar-refractivity contribution in [2.24, 2.45) is 10.9 Å². The van der Waals surface area contributed by atoms with E-state index in [1.807, 2.05) is 6.20 Å². The Morgan fingerprint density at radius 2 is 2.00 bits per heavy atom. The molecule has 0 unspecified atom stereocenters. The van der Waals surface area contributed by atoms with Crippen LogP contribution in [0.2, 0.25) is 0 Å². The second-order valence-corrected chi connectivity index (χ2v) is 9.63. The minimum atomic E-state index is -5.24. The van der Waals surface area contributed by atoms with Gasteiger partial charge in [0.05, 0.1) is 5.01 Å². The lowest BCUT2D eigenvalue weighted by molar-refractivity contribution is -0.0496. The van der Waals surface area contributed by atoms with E-state index in [9.17, 15) is 21.6 Å². The first-order valence-corrected chi connectivity index (χ1v) is 11.4. The molecule has 1 aliphatic heterocycles. The summed E-state index contributed by atoms with van der Waals surface area (Å²) in [6, 6.07) is 0. The second kappa shape index (κ2) is 11.6. The van der Waals surface area contributed by atoms with Crippen molar-refractivity contribution in [3.63, 3.8) is 0 Å². The minimum Gasteiger partial charge on any atom is -0.356 e. The molecule has 0 atom stereocenters. The Balaban J connectivity index is 0.00000420. The standard InChI is InChI=1S/C16H26F3N5O2S2.HI/c1-3-13-11-22-14(27-13)4-7-21-15(20-2)23-10-12-5-8-24(9-6-12)28(25,26)16(17,18)19;/h11-12H,3-10H2,1-2H3,(H2,20,21,23);1H. The Morgan fingerprint density at radius 1 is 1.34 bits per heavy atom. The Bertz CT molecular complexity index is 763. The monoisotopic (exact) mass is 569 g/mol. The number of halogens is 4. The summed E-state index contributed by atoms with van der Waals surface area (Å²) >= 11 is 1.69. The third kappa shape index (κ3) is 7.51. The molecule has 0 radical (unpaired) electrons. The molecule has 0 amide bonds. The minimum absolute atomic E-state index is 0. The average Bonchev–Trinajstić information content (AvgIpc) is 3.12. The maximum atomic E-state index is 12.6. The molecule has 13 heteroatoms. The number of hydrogen-bond donors (Lipinski definition) is 2. The van der Waals surface area contributed by atoms with Crippen molar-refractivity contribution in [2.75, 3.05) is 33.2 Å². The van der Waals surface area contributed by atoms with Crippen LogP contribution in [-0.2, 0) is 22.9 Å². The molecule has 1 saturated heterocycles. The summed E-state index contributed by atoms with van der Waals surface area (Å²) < 4.78 is 61.2. The maximum absolute atomic E-state index is 12.6. The van der Waals surface area contributed by atoms with E-state index in [0.29, 0.717) is 36.2 Å². The molecular weight excluding hydrogens is 542 g/mol. The number of sulfonamides is 1. The SMILES string of the molecule is CCc1cnc(CCNC(=NC)NCC2CCN(S(=O)(=O)C(F)(F)F)CC2)s1.I. The molecule has 168 valence electrons. The summed E-state index contributed by atoms with van der Waals surface area (Å²) in [4.78, 5) is 9.74. The number of rotatable bonds is 7. The van der Waals surface area contributed by atoms with E-state index < -0.39 is 15.5 Å². The zero-order valence-corrected chi connectivity index (χ0v) is 20.3. The highest BCUT2D eigenvalue weighted by Crippen LogP contribution is 2.30. The third-order valence-electron chi connectivity index (χ3n) is 4.57. The number of aryl methyl sites for hydroxylation is 1. The molecule has 1 aromatic rings. The fraction of sp³-hybridized carbons (Fsp3) is 0.750. The highest BCUT2D eigenvalue weighted by molar-refractivity contribution is 14.0. The van der Waals surface area contributed by atoms with Gasteiger partial charge in [-0.2, -0.15) is 17.5 Å². The van der Waals surface area contributed by atoms with Crippen LogP contribution in [-0.4, -0.2) is 62.4 Å². The van der Waals surface area contributed by atoms with E-state index >= 15 is 0 Å². The van der Waals surface area contributed by atoms with Gasteiger partial charge in [-0.1, -0.05) is 6.92 Å². The smallest absolute Gasteiger partial charge is 0.356 e. The van der Waals surface area contributed by atoms with E-state index in [-0.39, 0.29) is 43.0 Å². The number of hydrogen-bond acceptors (Lipinski definition) is 5. The van der Waals surface area contributed by atoms with Crippen LogP contribution in [0.4, 0.5) is 13.2 Å². The van der Waals surface area contributed by atoms with Crippen LogP contribution in [0.1, 0.15) is 29.7 Å². The summed E-state index contributed by atoms with van der Waals surface area (Å²) in [6.45, 7) is 3.04. The topological polar surface area (TPSA) is 86.7 Å². The lowest BCUT2D eigenvalue weighted by Crippen LogP contribution is -2.47. The highest BCUT2D eigenvalue weighted by atomic mass is 127. The van der Waals surface area contributed by atoms with Crippen molar-refractivity contribution in [1.29, 1.82) is 0 Å². The molecule has 2 N–H and O–H groups in total. The molecule has 7 nitrogen and oxygen atoms in total. The Kier molecular flexibility index (Phi) is 10.6. The van der Waals surface area contributed by atoms with Gasteiger partial charge in [-0.25, -0.2) is 13.4 Å². The Morgan fingerprint density at radius 3 is 2.52 bits per heavy atom. The van der Waals surface area contributed by atoms with Crippen LogP contribution in [0.3, 0.4) is 0 Å². The van der Waals surface area contributed by atoms with Crippen molar-refractivity contribution in [3.05, 3.63) is 16.1 Å². The zero-order chi connectivity index (χ0) is 20.8. The van der Waals surface area contributed by atoms with Crippen LogP contribution in [0.15, 0.2) is 11.2 Å². The van der Waals surface area contributed by atoms with Gasteiger partial charge in [0, 0.05) is 50.7 Å². The van der Waals surface area contributed by atoms with Gasteiger partial charge < -0.3 is 10.6 Å². The first-order chi connectivity index (χ1) is 13.2. The molecule has 1 aromatic heterocycles. The molecule has 29 heavy (non-hydrogen) atoms. The van der Waals surface area contributed by atoms with Crippen LogP contribution in [0, 0.1) is 5.92 Å². The van der Waals surface area contributed by atoms with Crippen LogP contribution < -0.4 is 10.6 Å². The van der Waals surface area contributed by atoms with Gasteiger partial charge in [0.15, 0.2) is 5.96 Å². The number of thiazole rings is 1. The van der Waals surface area contributed by atoms with E-state index in [1.54, 1.807) is 18.4 Å². The number of alkyl halides is 3. The lowest BCUT2D eigenvalue weighted by Gasteiger charge is -2.31. The van der Waals surface area contributed by atoms with Crippen molar-refractivity contribution < 1.29 is 21.6 Å². The molecule has 0 aromatic carbocycles. The fourth-order valence-corrected chi connectivity index (χ4v) is 4.72. The first kappa shape index (κ1) is 26.4. The Hall–Kier alpha value is -0.670. The predicted octanol–water partition coefficient (Wildman–Crippen LogP) is 2.59. The fourth-order valence-electron chi connectivity index (χ4n) is 2.88. The summed E-state index contributed by atoms with van der Waals surface area (Å²) in [5.74, 6) is 0.696. The van der Waals surface area contributed by atoms with E-state index in [2.05, 4.69) is 27.5 Å². The summed E-state index contributed by atoms with van der Waals surface area (Å²) in [5, 5.41) is 7.40. The van der Waals surface area contributed by atoms with E-state index in [4.69, 9.17) is 0 Å². The molecule has 0 saturated carbocycles. The van der Waals surface area contributed by atoms with Crippen molar-refractivity contribution in [1.82, 2.24) is 19.9 Å². The second-order valence-electron chi connectivity index (χ2n) is 6.50. The van der Waals surface area contributed by atoms with Gasteiger partial charge in [-0.15, -0.1) is 35.3 Å². The molecule has 0 bridgehead atoms. The van der Waals surface area contributed by atoms with Gasteiger partial charge in [-0.3, -0.25) is 4.99 Å². The first-order valence-electron chi connectivity index (χ1n) is 9.12. The van der Waals surface area contributed by atoms with Crippen molar-refractivity contribution in [3.8, 4) is 0 Å². The van der Waals surface area contributed by atoms with E-state index in [0.717, 1.165) is 17.8 Å². The van der Waals surface area contributed by atoms with Gasteiger partial charge in [0.25, 0.3) is 0 Å². The maximum Gasteiger partial charge on any atom is 0.511 e. The summed E-state index contributed by atoms with van der Waals surface area (Å²) in [5.41, 5.74) is -5.24. The Labute approximate surface area is 190 Å². The quantitative estimate of drug-likeness (QED) is 0.300.